The van der Waals surface area contributed by atoms with Crippen LogP contribution >= 0.6 is 11.3 Å². The highest BCUT2D eigenvalue weighted by atomic mass is 32.1. The van der Waals surface area contributed by atoms with Gasteiger partial charge in [-0.3, -0.25) is 0 Å². The molecule has 0 bridgehead atoms. The van der Waals surface area contributed by atoms with Crippen molar-refractivity contribution in [3.05, 3.63) is 145 Å². The lowest BCUT2D eigenvalue weighted by molar-refractivity contribution is 1.63. The summed E-state index contributed by atoms with van der Waals surface area (Å²) in [5.41, 5.74) is 2.05. The number of hydrogen-bond acceptors (Lipinski definition) is 1. The van der Waals surface area contributed by atoms with Crippen molar-refractivity contribution in [2.75, 3.05) is 0 Å². The minimum Gasteiger partial charge on any atom is -0.135 e. The fourth-order valence-electron chi connectivity index (χ4n) is 6.25. The zero-order valence-electron chi connectivity index (χ0n) is 26.0. The number of benzene rings is 8. The lowest BCUT2D eigenvalue weighted by atomic mass is 9.92. The lowest BCUT2D eigenvalue weighted by Crippen LogP contribution is -1.85. The van der Waals surface area contributed by atoms with Crippen molar-refractivity contribution in [1.82, 2.24) is 0 Å². The van der Waals surface area contributed by atoms with Crippen LogP contribution in [0.4, 0.5) is 0 Å². The summed E-state index contributed by atoms with van der Waals surface area (Å²) in [7, 11) is 0. The van der Waals surface area contributed by atoms with Gasteiger partial charge in [0.15, 0.2) is 0 Å². The van der Waals surface area contributed by atoms with E-state index in [0.717, 1.165) is 42.4 Å². The van der Waals surface area contributed by atoms with E-state index in [1.807, 2.05) is 54.6 Å². The summed E-state index contributed by atoms with van der Waals surface area (Å²) in [6.45, 7) is 0. The minimum atomic E-state index is -0.0293. The van der Waals surface area contributed by atoms with E-state index in [-0.39, 0.29) is 24.2 Å². The zero-order valence-corrected chi connectivity index (χ0v) is 22.8. The van der Waals surface area contributed by atoms with Crippen LogP contribution in [0.15, 0.2) is 145 Å². The first-order valence-corrected chi connectivity index (χ1v) is 14.6. The molecule has 0 nitrogen and oxygen atoms in total. The Labute approximate surface area is 247 Å². The third kappa shape index (κ3) is 3.53. The molecule has 0 saturated heterocycles. The van der Waals surface area contributed by atoms with Gasteiger partial charge in [0.2, 0.25) is 0 Å². The van der Waals surface area contributed by atoms with Crippen LogP contribution < -0.4 is 0 Å². The topological polar surface area (TPSA) is 0 Å². The van der Waals surface area contributed by atoms with E-state index in [2.05, 4.69) is 66.7 Å². The van der Waals surface area contributed by atoms with E-state index in [9.17, 15) is 2.74 Å². The van der Waals surface area contributed by atoms with Gasteiger partial charge in [-0.1, -0.05) is 121 Å². The number of fused-ring (bicyclic) bond motifs is 9. The Morgan fingerprint density at radius 2 is 1.10 bits per heavy atom. The first-order chi connectivity index (χ1) is 22.0. The lowest BCUT2D eigenvalue weighted by Gasteiger charge is -2.11. The summed E-state index contributed by atoms with van der Waals surface area (Å²) in [6.07, 6.45) is 0. The molecule has 0 aliphatic carbocycles. The van der Waals surface area contributed by atoms with Crippen molar-refractivity contribution in [3.8, 4) is 22.3 Å². The quantitative estimate of drug-likeness (QED) is 0.151. The molecule has 0 aliphatic rings. The van der Waals surface area contributed by atoms with E-state index < -0.39 is 0 Å². The van der Waals surface area contributed by atoms with Gasteiger partial charge in [-0.15, -0.1) is 11.3 Å². The molecule has 9 aromatic rings. The minimum absolute atomic E-state index is 0.0286. The summed E-state index contributed by atoms with van der Waals surface area (Å²) >= 11 is 1.74. The van der Waals surface area contributed by atoms with Gasteiger partial charge in [-0.05, 0) is 89.6 Å². The molecule has 0 saturated carbocycles. The van der Waals surface area contributed by atoms with Crippen LogP contribution in [0.3, 0.4) is 0 Å². The molecule has 0 amide bonds. The Morgan fingerprint density at radius 1 is 0.390 bits per heavy atom. The number of hydrogen-bond donors (Lipinski definition) is 0. The molecule has 0 atom stereocenters. The van der Waals surface area contributed by atoms with Crippen LogP contribution in [-0.4, -0.2) is 0 Å². The summed E-state index contributed by atoms with van der Waals surface area (Å²) in [5.74, 6) is 0. The van der Waals surface area contributed by atoms with E-state index in [0.29, 0.717) is 22.3 Å². The number of thiophene rings is 1. The molecule has 0 unspecified atom stereocenters. The second-order valence-corrected chi connectivity index (χ2v) is 11.7. The third-order valence-corrected chi connectivity index (χ3v) is 9.51. The molecule has 1 aromatic heterocycles. The van der Waals surface area contributed by atoms with E-state index in [4.69, 9.17) is 2.74 Å². The van der Waals surface area contributed by atoms with Crippen molar-refractivity contribution in [2.45, 2.75) is 0 Å². The molecule has 0 fully saturated rings. The molecule has 0 aliphatic heterocycles. The average molecular weight is 541 g/mol. The van der Waals surface area contributed by atoms with Crippen molar-refractivity contribution >= 4 is 74.6 Å². The third-order valence-electron chi connectivity index (χ3n) is 8.29. The SMILES string of the molecule is [2H]c1c([2H])c(-c2cccc3c2ccc2cc4ccccc4cc23)c([2H])c([2H])c1-c1ccc2sc3c4ccccc4ccc3c2c1. The summed E-state index contributed by atoms with van der Waals surface area (Å²) in [6, 6.07) is 41.3. The molecule has 0 spiro atoms. The monoisotopic (exact) mass is 540 g/mol. The summed E-state index contributed by atoms with van der Waals surface area (Å²) in [5, 5.41) is 11.1. The Kier molecular flexibility index (Phi) is 4.09. The first kappa shape index (κ1) is 19.2. The van der Waals surface area contributed by atoms with Crippen molar-refractivity contribution < 1.29 is 5.48 Å². The van der Waals surface area contributed by atoms with Crippen LogP contribution in [0.5, 0.6) is 0 Å². The Hall–Kier alpha value is -4.98. The van der Waals surface area contributed by atoms with Crippen molar-refractivity contribution in [1.29, 1.82) is 0 Å². The Balaban J connectivity index is 1.25. The normalized spacial score (nSPS) is 13.3. The molecule has 0 N–H and O–H groups in total. The highest BCUT2D eigenvalue weighted by Crippen LogP contribution is 2.41. The highest BCUT2D eigenvalue weighted by Gasteiger charge is 2.11. The molecule has 0 radical (unpaired) electrons. The van der Waals surface area contributed by atoms with Crippen LogP contribution in [0, 0.1) is 0 Å². The van der Waals surface area contributed by atoms with Crippen molar-refractivity contribution in [2.24, 2.45) is 0 Å². The van der Waals surface area contributed by atoms with Crippen LogP contribution in [0.1, 0.15) is 5.48 Å². The predicted octanol–water partition coefficient (Wildman–Crippen LogP) is 12.0. The van der Waals surface area contributed by atoms with Gasteiger partial charge in [0, 0.05) is 20.2 Å². The van der Waals surface area contributed by atoms with E-state index in [1.165, 1.54) is 20.9 Å². The highest BCUT2D eigenvalue weighted by molar-refractivity contribution is 7.26. The van der Waals surface area contributed by atoms with Crippen molar-refractivity contribution in [3.63, 3.8) is 0 Å². The van der Waals surface area contributed by atoms with E-state index >= 15 is 0 Å². The summed E-state index contributed by atoms with van der Waals surface area (Å²) < 4.78 is 39.0. The average Bonchev–Trinajstić information content (AvgIpc) is 3.45. The van der Waals surface area contributed by atoms with Crippen LogP contribution in [-0.2, 0) is 0 Å². The van der Waals surface area contributed by atoms with Crippen LogP contribution in [0.2, 0.25) is 0 Å². The second-order valence-electron chi connectivity index (χ2n) is 10.6. The summed E-state index contributed by atoms with van der Waals surface area (Å²) in [4.78, 5) is 0. The van der Waals surface area contributed by atoms with Gasteiger partial charge in [0.25, 0.3) is 0 Å². The van der Waals surface area contributed by atoms with Gasteiger partial charge < -0.3 is 0 Å². The Morgan fingerprint density at radius 3 is 1.98 bits per heavy atom. The standard InChI is InChI=1S/C40H24S/c1-2-8-29-23-37-31(22-28(29)7-1)17-19-35-32(10-5-11-34(35)37)27-14-12-25(13-15-27)30-18-21-39-38(24-30)36-20-16-26-6-3-4-9-33(26)40(36)41-39/h1-24H/i12D,13D,14D,15D. The zero-order chi connectivity index (χ0) is 30.4. The fourth-order valence-corrected chi connectivity index (χ4v) is 7.47. The maximum absolute atomic E-state index is 9.17. The molecule has 8 aromatic carbocycles. The maximum Gasteiger partial charge on any atom is 0.0629 e. The molecule has 41 heavy (non-hydrogen) atoms. The van der Waals surface area contributed by atoms with Gasteiger partial charge in [-0.25, -0.2) is 0 Å². The second kappa shape index (κ2) is 8.76. The first-order valence-electron chi connectivity index (χ1n) is 15.8. The molecule has 9 rings (SSSR count). The molecular formula is C40H24S. The molecule has 1 heteroatoms. The maximum atomic E-state index is 9.17. The molecule has 190 valence electrons. The van der Waals surface area contributed by atoms with E-state index in [1.54, 1.807) is 11.3 Å². The van der Waals surface area contributed by atoms with Gasteiger partial charge in [-0.2, -0.15) is 0 Å². The van der Waals surface area contributed by atoms with Gasteiger partial charge in [0.1, 0.15) is 0 Å². The van der Waals surface area contributed by atoms with Gasteiger partial charge in [0.05, 0.1) is 5.48 Å². The smallest absolute Gasteiger partial charge is 0.0629 e. The Bertz CT molecular complexity index is 2680. The predicted molar refractivity (Wildman–Crippen MR) is 180 cm³/mol. The fraction of sp³-hybridized carbons (Fsp3) is 0. The largest absolute Gasteiger partial charge is 0.135 e. The molecule has 1 heterocycles. The van der Waals surface area contributed by atoms with Gasteiger partial charge >= 0.3 is 0 Å². The number of rotatable bonds is 2. The molecular weight excluding hydrogens is 513 g/mol. The van der Waals surface area contributed by atoms with Crippen LogP contribution in [0.25, 0.3) is 85.5 Å².